The molecule has 29 heavy (non-hydrogen) atoms. The number of carbonyl (C=O) groups is 2. The maximum Gasteiger partial charge on any atom is 0.295 e. The van der Waals surface area contributed by atoms with Crippen molar-refractivity contribution in [3.05, 3.63) is 65.5 Å². The van der Waals surface area contributed by atoms with Gasteiger partial charge in [0.15, 0.2) is 0 Å². The Balaban J connectivity index is 2.07. The number of likely N-dealkylation sites (tertiary alicyclic amines) is 1. The molecular weight excluding hydrogens is 370 g/mol. The van der Waals surface area contributed by atoms with E-state index in [4.69, 9.17) is 4.74 Å². The minimum absolute atomic E-state index is 0.0773. The first-order valence-electron chi connectivity index (χ1n) is 9.55. The van der Waals surface area contributed by atoms with Gasteiger partial charge in [-0.25, -0.2) is 0 Å². The maximum atomic E-state index is 12.9. The zero-order valence-corrected chi connectivity index (χ0v) is 16.9. The predicted molar refractivity (Wildman–Crippen MR) is 109 cm³/mol. The van der Waals surface area contributed by atoms with Crippen LogP contribution in [-0.4, -0.2) is 61.0 Å². The van der Waals surface area contributed by atoms with Crippen molar-refractivity contribution in [2.75, 3.05) is 34.3 Å². The van der Waals surface area contributed by atoms with Crippen molar-refractivity contribution in [1.29, 1.82) is 0 Å². The molecule has 2 N–H and O–H groups in total. The molecule has 1 atom stereocenters. The molecule has 0 aliphatic carbocycles. The quantitative estimate of drug-likeness (QED) is 0.415. The maximum absolute atomic E-state index is 12.9. The van der Waals surface area contributed by atoms with Gasteiger partial charge in [-0.1, -0.05) is 18.2 Å². The molecule has 1 aromatic heterocycles. The summed E-state index contributed by atoms with van der Waals surface area (Å²) in [5.74, 6) is -0.944. The average Bonchev–Trinajstić information content (AvgIpc) is 2.98. The van der Waals surface area contributed by atoms with Crippen LogP contribution in [0.1, 0.15) is 23.6 Å². The molecule has 2 heterocycles. The lowest BCUT2D eigenvalue weighted by Crippen LogP contribution is -3.05. The molecule has 1 aliphatic heterocycles. The van der Waals surface area contributed by atoms with Crippen molar-refractivity contribution in [2.45, 2.75) is 12.5 Å². The van der Waals surface area contributed by atoms with Gasteiger partial charge >= 0.3 is 0 Å². The molecule has 152 valence electrons. The Labute approximate surface area is 170 Å². The van der Waals surface area contributed by atoms with Crippen molar-refractivity contribution in [2.24, 2.45) is 0 Å². The number of rotatable bonds is 7. The fraction of sp³-hybridized carbons (Fsp3) is 0.318. The van der Waals surface area contributed by atoms with Crippen LogP contribution in [0.4, 0.5) is 0 Å². The zero-order chi connectivity index (χ0) is 21.0. The van der Waals surface area contributed by atoms with Crippen molar-refractivity contribution < 1.29 is 24.3 Å². The van der Waals surface area contributed by atoms with Gasteiger partial charge in [-0.05, 0) is 23.8 Å². The number of hydrogen-bond donors (Lipinski definition) is 2. The lowest BCUT2D eigenvalue weighted by atomic mass is 9.96. The van der Waals surface area contributed by atoms with Gasteiger partial charge < -0.3 is 19.6 Å². The Morgan fingerprint density at radius 3 is 2.69 bits per heavy atom. The SMILES string of the molecule is COc1cccc(C(O)=C2C(=O)C(=O)N(CCC[NH+](C)C)[C@H]2c2cccnc2)c1. The highest BCUT2D eigenvalue weighted by Gasteiger charge is 2.46. The number of aliphatic hydroxyl groups excluding tert-OH is 1. The van der Waals surface area contributed by atoms with E-state index >= 15 is 0 Å². The van der Waals surface area contributed by atoms with E-state index in [-0.39, 0.29) is 11.3 Å². The summed E-state index contributed by atoms with van der Waals surface area (Å²) in [6.07, 6.45) is 4.00. The van der Waals surface area contributed by atoms with Crippen molar-refractivity contribution in [3.8, 4) is 5.75 Å². The fourth-order valence-electron chi connectivity index (χ4n) is 3.52. The topological polar surface area (TPSA) is 84.2 Å². The van der Waals surface area contributed by atoms with Gasteiger partial charge in [0.25, 0.3) is 11.7 Å². The van der Waals surface area contributed by atoms with E-state index in [0.29, 0.717) is 23.4 Å². The summed E-state index contributed by atoms with van der Waals surface area (Å²) < 4.78 is 5.22. The average molecular weight is 396 g/mol. The molecule has 1 saturated heterocycles. The van der Waals surface area contributed by atoms with E-state index < -0.39 is 17.7 Å². The standard InChI is InChI=1S/C22H25N3O4/c1-24(2)11-6-12-25-19(16-8-5-10-23-14-16)18(21(27)22(25)28)20(26)15-7-4-9-17(13-15)29-3/h4-5,7-10,13-14,19,26H,6,11-12H2,1-3H3/p+1/t19-/m0/s1. The first-order chi connectivity index (χ1) is 13.9. The molecule has 0 radical (unpaired) electrons. The van der Waals surface area contributed by atoms with Gasteiger partial charge in [0.05, 0.1) is 39.4 Å². The van der Waals surface area contributed by atoms with E-state index in [1.54, 1.807) is 42.7 Å². The number of ketones is 1. The highest BCUT2D eigenvalue weighted by atomic mass is 16.5. The number of hydrogen-bond acceptors (Lipinski definition) is 5. The number of carbonyl (C=O) groups excluding carboxylic acids is 2. The van der Waals surface area contributed by atoms with Gasteiger partial charge in [-0.2, -0.15) is 0 Å². The first-order valence-corrected chi connectivity index (χ1v) is 9.55. The largest absolute Gasteiger partial charge is 0.507 e. The van der Waals surface area contributed by atoms with Gasteiger partial charge in [-0.3, -0.25) is 14.6 Å². The van der Waals surface area contributed by atoms with Crippen LogP contribution in [-0.2, 0) is 9.59 Å². The van der Waals surface area contributed by atoms with Crippen molar-refractivity contribution in [3.63, 3.8) is 0 Å². The third-order valence-corrected chi connectivity index (χ3v) is 4.96. The van der Waals surface area contributed by atoms with Crippen molar-refractivity contribution in [1.82, 2.24) is 9.88 Å². The Bertz CT molecular complexity index is 925. The smallest absolute Gasteiger partial charge is 0.295 e. The molecule has 0 unspecified atom stereocenters. The van der Waals surface area contributed by atoms with Gasteiger partial charge in [0.1, 0.15) is 11.5 Å². The second kappa shape index (κ2) is 8.87. The van der Waals surface area contributed by atoms with Crippen LogP contribution in [0, 0.1) is 0 Å². The van der Waals surface area contributed by atoms with Gasteiger partial charge in [-0.15, -0.1) is 0 Å². The van der Waals surface area contributed by atoms with Crippen LogP contribution < -0.4 is 9.64 Å². The molecule has 0 bridgehead atoms. The Kier molecular flexibility index (Phi) is 6.29. The Hall–Kier alpha value is -3.19. The second-order valence-electron chi connectivity index (χ2n) is 7.32. The van der Waals surface area contributed by atoms with E-state index in [9.17, 15) is 14.7 Å². The van der Waals surface area contributed by atoms with Gasteiger partial charge in [0, 0.05) is 30.9 Å². The number of nitrogens with zero attached hydrogens (tertiary/aromatic N) is 2. The summed E-state index contributed by atoms with van der Waals surface area (Å²) in [5.41, 5.74) is 1.19. The second-order valence-corrected chi connectivity index (χ2v) is 7.32. The zero-order valence-electron chi connectivity index (χ0n) is 16.9. The molecule has 2 aromatic rings. The number of Topliss-reactive ketones (excluding diaryl/α,β-unsaturated/α-hetero) is 1. The lowest BCUT2D eigenvalue weighted by molar-refractivity contribution is -0.858. The minimum atomic E-state index is -0.684. The summed E-state index contributed by atoms with van der Waals surface area (Å²) in [6.45, 7) is 1.28. The lowest BCUT2D eigenvalue weighted by Gasteiger charge is -2.25. The van der Waals surface area contributed by atoms with Crippen molar-refractivity contribution >= 4 is 17.4 Å². The molecular formula is C22H26N3O4+. The third-order valence-electron chi connectivity index (χ3n) is 4.96. The molecule has 0 saturated carbocycles. The van der Waals surface area contributed by atoms with Gasteiger partial charge in [0.2, 0.25) is 0 Å². The van der Waals surface area contributed by atoms with Crippen LogP contribution >= 0.6 is 0 Å². The molecule has 1 aliphatic rings. The number of aliphatic hydroxyl groups is 1. The number of quaternary nitrogens is 1. The molecule has 1 fully saturated rings. The molecule has 0 spiro atoms. The summed E-state index contributed by atoms with van der Waals surface area (Å²) in [6, 6.07) is 9.68. The first kappa shape index (κ1) is 20.5. The van der Waals surface area contributed by atoms with E-state index in [1.807, 2.05) is 20.2 Å². The fourth-order valence-corrected chi connectivity index (χ4v) is 3.52. The summed E-state index contributed by atoms with van der Waals surface area (Å²) in [5, 5.41) is 11.0. The minimum Gasteiger partial charge on any atom is -0.507 e. The highest BCUT2D eigenvalue weighted by Crippen LogP contribution is 2.39. The summed E-state index contributed by atoms with van der Waals surface area (Å²) in [7, 11) is 5.60. The highest BCUT2D eigenvalue weighted by molar-refractivity contribution is 6.46. The van der Waals surface area contributed by atoms with Crippen LogP contribution in [0.3, 0.4) is 0 Å². The number of benzene rings is 1. The monoisotopic (exact) mass is 396 g/mol. The van der Waals surface area contributed by atoms with Crippen LogP contribution in [0.2, 0.25) is 0 Å². The van der Waals surface area contributed by atoms with Crippen LogP contribution in [0.5, 0.6) is 5.75 Å². The number of nitrogens with one attached hydrogen (secondary N) is 1. The van der Waals surface area contributed by atoms with Crippen LogP contribution in [0.25, 0.3) is 5.76 Å². The normalized spacial score (nSPS) is 18.5. The molecule has 7 heteroatoms. The Morgan fingerprint density at radius 2 is 2.03 bits per heavy atom. The van der Waals surface area contributed by atoms with Crippen LogP contribution in [0.15, 0.2) is 54.4 Å². The molecule has 1 aromatic carbocycles. The number of methoxy groups -OCH3 is 1. The number of amides is 1. The molecule has 1 amide bonds. The Morgan fingerprint density at radius 1 is 1.24 bits per heavy atom. The summed E-state index contributed by atoms with van der Waals surface area (Å²) in [4.78, 5) is 32.6. The van der Waals surface area contributed by atoms with E-state index in [2.05, 4.69) is 4.98 Å². The van der Waals surface area contributed by atoms with E-state index in [0.717, 1.165) is 13.0 Å². The number of aromatic nitrogens is 1. The number of pyridine rings is 1. The number of ether oxygens (including phenoxy) is 1. The molecule has 3 rings (SSSR count). The third kappa shape index (κ3) is 4.30. The molecule has 7 nitrogen and oxygen atoms in total. The van der Waals surface area contributed by atoms with E-state index in [1.165, 1.54) is 16.9 Å². The predicted octanol–water partition coefficient (Wildman–Crippen LogP) is 1.05. The summed E-state index contributed by atoms with van der Waals surface area (Å²) >= 11 is 0.